The van der Waals surface area contributed by atoms with Crippen molar-refractivity contribution in [2.75, 3.05) is 0 Å². The van der Waals surface area contributed by atoms with Crippen LogP contribution in [-0.2, 0) is 6.42 Å². The molecular formula is C14H15ClN2. The van der Waals surface area contributed by atoms with Crippen molar-refractivity contribution >= 4 is 11.6 Å². The highest BCUT2D eigenvalue weighted by Gasteiger charge is 2.10. The third-order valence-electron chi connectivity index (χ3n) is 2.80. The van der Waals surface area contributed by atoms with E-state index in [2.05, 4.69) is 4.98 Å². The second-order valence-electron chi connectivity index (χ2n) is 4.13. The molecule has 1 heterocycles. The van der Waals surface area contributed by atoms with Crippen LogP contribution in [0.2, 0.25) is 5.02 Å². The summed E-state index contributed by atoms with van der Waals surface area (Å²) < 4.78 is 0. The van der Waals surface area contributed by atoms with Crippen molar-refractivity contribution < 1.29 is 0 Å². The van der Waals surface area contributed by atoms with Gasteiger partial charge in [0.2, 0.25) is 0 Å². The van der Waals surface area contributed by atoms with Crippen LogP contribution in [0.1, 0.15) is 22.9 Å². The van der Waals surface area contributed by atoms with E-state index < -0.39 is 0 Å². The van der Waals surface area contributed by atoms with Crippen LogP contribution in [0, 0.1) is 6.92 Å². The van der Waals surface area contributed by atoms with Gasteiger partial charge in [0.15, 0.2) is 0 Å². The molecular weight excluding hydrogens is 232 g/mol. The average Bonchev–Trinajstić information content (AvgIpc) is 2.33. The first-order chi connectivity index (χ1) is 8.16. The van der Waals surface area contributed by atoms with Gasteiger partial charge in [-0.2, -0.15) is 0 Å². The number of halogens is 1. The summed E-state index contributed by atoms with van der Waals surface area (Å²) in [5.74, 6) is 0. The molecule has 2 rings (SSSR count). The van der Waals surface area contributed by atoms with E-state index in [1.165, 1.54) is 0 Å². The van der Waals surface area contributed by atoms with E-state index in [-0.39, 0.29) is 6.04 Å². The van der Waals surface area contributed by atoms with Gasteiger partial charge in [-0.15, -0.1) is 0 Å². The van der Waals surface area contributed by atoms with Gasteiger partial charge in [0.05, 0.1) is 0 Å². The summed E-state index contributed by atoms with van der Waals surface area (Å²) in [6, 6.07) is 11.6. The van der Waals surface area contributed by atoms with Crippen LogP contribution < -0.4 is 5.73 Å². The maximum absolute atomic E-state index is 6.20. The molecule has 0 amide bonds. The molecule has 0 aliphatic carbocycles. The van der Waals surface area contributed by atoms with E-state index in [9.17, 15) is 0 Å². The SMILES string of the molecule is Cc1ccc(Cl)cc1C(N)Cc1ccccn1. The number of benzene rings is 1. The minimum absolute atomic E-state index is 0.0661. The Morgan fingerprint density at radius 3 is 2.82 bits per heavy atom. The molecule has 0 fully saturated rings. The van der Waals surface area contributed by atoms with Gasteiger partial charge in [0.1, 0.15) is 0 Å². The smallest absolute Gasteiger partial charge is 0.0422 e. The van der Waals surface area contributed by atoms with Crippen LogP contribution >= 0.6 is 11.6 Å². The van der Waals surface area contributed by atoms with Crippen LogP contribution in [0.25, 0.3) is 0 Å². The molecule has 88 valence electrons. The molecule has 2 N–H and O–H groups in total. The van der Waals surface area contributed by atoms with Crippen LogP contribution in [-0.4, -0.2) is 4.98 Å². The molecule has 0 radical (unpaired) electrons. The Morgan fingerprint density at radius 1 is 1.29 bits per heavy atom. The van der Waals surface area contributed by atoms with Crippen molar-refractivity contribution in [2.24, 2.45) is 5.73 Å². The van der Waals surface area contributed by atoms with Gasteiger partial charge < -0.3 is 5.73 Å². The van der Waals surface area contributed by atoms with Gasteiger partial charge in [-0.05, 0) is 42.3 Å². The van der Waals surface area contributed by atoms with Crippen molar-refractivity contribution in [1.29, 1.82) is 0 Å². The molecule has 0 saturated heterocycles. The van der Waals surface area contributed by atoms with Crippen molar-refractivity contribution in [1.82, 2.24) is 4.98 Å². The van der Waals surface area contributed by atoms with Gasteiger partial charge in [0, 0.05) is 29.4 Å². The van der Waals surface area contributed by atoms with E-state index in [1.54, 1.807) is 6.20 Å². The van der Waals surface area contributed by atoms with Gasteiger partial charge in [-0.25, -0.2) is 0 Å². The Morgan fingerprint density at radius 2 is 2.12 bits per heavy atom. The summed E-state index contributed by atoms with van der Waals surface area (Å²) in [5, 5.41) is 0.724. The fraction of sp³-hybridized carbons (Fsp3) is 0.214. The van der Waals surface area contributed by atoms with Crippen molar-refractivity contribution in [3.63, 3.8) is 0 Å². The number of rotatable bonds is 3. The number of aryl methyl sites for hydroxylation is 1. The monoisotopic (exact) mass is 246 g/mol. The second-order valence-corrected chi connectivity index (χ2v) is 4.57. The zero-order chi connectivity index (χ0) is 12.3. The van der Waals surface area contributed by atoms with Crippen LogP contribution in [0.15, 0.2) is 42.6 Å². The largest absolute Gasteiger partial charge is 0.324 e. The molecule has 0 bridgehead atoms. The first-order valence-corrected chi connectivity index (χ1v) is 5.96. The Balaban J connectivity index is 2.20. The predicted molar refractivity (Wildman–Crippen MR) is 71.1 cm³/mol. The molecule has 0 aliphatic rings. The molecule has 2 aromatic rings. The number of nitrogens with two attached hydrogens (primary N) is 1. The van der Waals surface area contributed by atoms with E-state index in [4.69, 9.17) is 17.3 Å². The highest BCUT2D eigenvalue weighted by molar-refractivity contribution is 6.30. The number of hydrogen-bond donors (Lipinski definition) is 1. The number of aromatic nitrogens is 1. The van der Waals surface area contributed by atoms with Crippen molar-refractivity contribution in [3.05, 3.63) is 64.4 Å². The summed E-state index contributed by atoms with van der Waals surface area (Å²) in [7, 11) is 0. The standard InChI is InChI=1S/C14H15ClN2/c1-10-5-6-11(15)8-13(10)14(16)9-12-4-2-3-7-17-12/h2-8,14H,9,16H2,1H3. The zero-order valence-corrected chi connectivity index (χ0v) is 10.5. The van der Waals surface area contributed by atoms with E-state index >= 15 is 0 Å². The molecule has 1 aromatic heterocycles. The number of pyridine rings is 1. The summed E-state index contributed by atoms with van der Waals surface area (Å²) in [6.45, 7) is 2.05. The first-order valence-electron chi connectivity index (χ1n) is 5.58. The predicted octanol–water partition coefficient (Wildman–Crippen LogP) is 3.29. The number of nitrogens with zero attached hydrogens (tertiary/aromatic N) is 1. The molecule has 1 unspecified atom stereocenters. The molecule has 1 atom stereocenters. The summed E-state index contributed by atoms with van der Waals surface area (Å²) >= 11 is 5.99. The maximum atomic E-state index is 6.20. The Hall–Kier alpha value is -1.38. The van der Waals surface area contributed by atoms with E-state index in [0.717, 1.165) is 28.3 Å². The molecule has 0 aliphatic heterocycles. The summed E-state index contributed by atoms with van der Waals surface area (Å²) in [4.78, 5) is 4.28. The minimum atomic E-state index is -0.0661. The highest BCUT2D eigenvalue weighted by Crippen LogP contribution is 2.22. The summed E-state index contributed by atoms with van der Waals surface area (Å²) in [6.07, 6.45) is 2.51. The molecule has 1 aromatic carbocycles. The van der Waals surface area contributed by atoms with Crippen LogP contribution in [0.3, 0.4) is 0 Å². The van der Waals surface area contributed by atoms with Gasteiger partial charge in [0.25, 0.3) is 0 Å². The molecule has 0 saturated carbocycles. The van der Waals surface area contributed by atoms with E-state index in [1.807, 2.05) is 43.3 Å². The lowest BCUT2D eigenvalue weighted by molar-refractivity contribution is 0.702. The fourth-order valence-electron chi connectivity index (χ4n) is 1.86. The summed E-state index contributed by atoms with van der Waals surface area (Å²) in [5.41, 5.74) is 9.45. The number of hydrogen-bond acceptors (Lipinski definition) is 2. The lowest BCUT2D eigenvalue weighted by Crippen LogP contribution is -2.15. The lowest BCUT2D eigenvalue weighted by atomic mass is 9.98. The maximum Gasteiger partial charge on any atom is 0.0422 e. The first kappa shape index (κ1) is 12.1. The van der Waals surface area contributed by atoms with Crippen LogP contribution in [0.5, 0.6) is 0 Å². The molecule has 2 nitrogen and oxygen atoms in total. The third-order valence-corrected chi connectivity index (χ3v) is 3.03. The van der Waals surface area contributed by atoms with Crippen molar-refractivity contribution in [2.45, 2.75) is 19.4 Å². The third kappa shape index (κ3) is 3.05. The quantitative estimate of drug-likeness (QED) is 0.903. The highest BCUT2D eigenvalue weighted by atomic mass is 35.5. The Kier molecular flexibility index (Phi) is 3.77. The average molecular weight is 247 g/mol. The van der Waals surface area contributed by atoms with Crippen molar-refractivity contribution in [3.8, 4) is 0 Å². The van der Waals surface area contributed by atoms with Crippen LogP contribution in [0.4, 0.5) is 0 Å². The Labute approximate surface area is 106 Å². The van der Waals surface area contributed by atoms with E-state index in [0.29, 0.717) is 0 Å². The second kappa shape index (κ2) is 5.30. The van der Waals surface area contributed by atoms with Gasteiger partial charge >= 0.3 is 0 Å². The topological polar surface area (TPSA) is 38.9 Å². The van der Waals surface area contributed by atoms with Gasteiger partial charge in [-0.1, -0.05) is 23.7 Å². The van der Waals surface area contributed by atoms with Gasteiger partial charge in [-0.3, -0.25) is 4.98 Å². The normalized spacial score (nSPS) is 12.4. The molecule has 17 heavy (non-hydrogen) atoms. The lowest BCUT2D eigenvalue weighted by Gasteiger charge is -2.14. The molecule has 3 heteroatoms. The Bertz CT molecular complexity index is 497. The fourth-order valence-corrected chi connectivity index (χ4v) is 2.05. The molecule has 0 spiro atoms. The zero-order valence-electron chi connectivity index (χ0n) is 9.73. The minimum Gasteiger partial charge on any atom is -0.324 e.